The van der Waals surface area contributed by atoms with Gasteiger partial charge in [-0.05, 0) is 24.3 Å². The molecule has 0 bridgehead atoms. The zero-order chi connectivity index (χ0) is 15.4. The lowest BCUT2D eigenvalue weighted by Gasteiger charge is -1.99. The number of phenols is 2. The normalized spacial score (nSPS) is 19.5. The third-order valence-electron chi connectivity index (χ3n) is 3.51. The third-order valence-corrected chi connectivity index (χ3v) is 5.94. The number of thioether (sulfide) groups is 2. The molecule has 4 rings (SSSR count). The van der Waals surface area contributed by atoms with Crippen LogP contribution >= 0.6 is 23.5 Å². The van der Waals surface area contributed by atoms with E-state index in [-0.39, 0.29) is 34.2 Å². The van der Waals surface area contributed by atoms with Crippen molar-refractivity contribution in [1.29, 1.82) is 0 Å². The minimum atomic E-state index is -0.346. The number of benzene rings is 2. The van der Waals surface area contributed by atoms with Crippen LogP contribution in [0.4, 0.5) is 0 Å². The van der Waals surface area contributed by atoms with Crippen molar-refractivity contribution in [2.45, 2.75) is 9.79 Å². The van der Waals surface area contributed by atoms with E-state index in [4.69, 9.17) is 0 Å². The Hall–Kier alpha value is -2.18. The molecule has 2 aliphatic rings. The quantitative estimate of drug-likeness (QED) is 0.720. The highest BCUT2D eigenvalue weighted by Crippen LogP contribution is 2.52. The minimum Gasteiger partial charge on any atom is -0.507 e. The number of aromatic hydroxyl groups is 2. The van der Waals surface area contributed by atoms with E-state index in [1.54, 1.807) is 24.3 Å². The van der Waals surface area contributed by atoms with Gasteiger partial charge >= 0.3 is 0 Å². The van der Waals surface area contributed by atoms with Gasteiger partial charge in [0.1, 0.15) is 11.5 Å². The molecule has 6 heteroatoms. The van der Waals surface area contributed by atoms with Crippen LogP contribution in [0.25, 0.3) is 0 Å². The van der Waals surface area contributed by atoms with Crippen molar-refractivity contribution in [3.8, 4) is 11.5 Å². The van der Waals surface area contributed by atoms with Gasteiger partial charge in [0.2, 0.25) is 11.6 Å². The fourth-order valence-corrected chi connectivity index (χ4v) is 4.85. The Morgan fingerprint density at radius 2 is 1.09 bits per heavy atom. The number of rotatable bonds is 0. The van der Waals surface area contributed by atoms with Gasteiger partial charge in [-0.25, -0.2) is 0 Å². The lowest BCUT2D eigenvalue weighted by Crippen LogP contribution is -2.02. The zero-order valence-electron chi connectivity index (χ0n) is 11.0. The molecule has 0 atom stereocenters. The molecule has 2 N–H and O–H groups in total. The number of phenolic OH excluding ortho intramolecular Hbond substituents is 2. The van der Waals surface area contributed by atoms with E-state index >= 15 is 0 Å². The molecule has 0 saturated heterocycles. The van der Waals surface area contributed by atoms with Crippen LogP contribution in [0.2, 0.25) is 0 Å². The molecule has 2 aromatic rings. The number of allylic oxidation sites excluding steroid dienone is 2. The average Bonchev–Trinajstić information content (AvgIpc) is 2.99. The highest BCUT2D eigenvalue weighted by Gasteiger charge is 2.38. The molecule has 22 heavy (non-hydrogen) atoms. The van der Waals surface area contributed by atoms with Gasteiger partial charge in [0, 0.05) is 9.79 Å². The molecular weight excluding hydrogens is 320 g/mol. The zero-order valence-corrected chi connectivity index (χ0v) is 12.6. The van der Waals surface area contributed by atoms with Gasteiger partial charge in [-0.1, -0.05) is 35.7 Å². The van der Waals surface area contributed by atoms with E-state index in [9.17, 15) is 19.8 Å². The van der Waals surface area contributed by atoms with E-state index in [2.05, 4.69) is 0 Å². The molecule has 0 saturated carbocycles. The maximum Gasteiger partial charge on any atom is 0.205 e. The van der Waals surface area contributed by atoms with Gasteiger partial charge in [-0.2, -0.15) is 0 Å². The Morgan fingerprint density at radius 3 is 1.45 bits per heavy atom. The monoisotopic (exact) mass is 328 g/mol. The van der Waals surface area contributed by atoms with Crippen LogP contribution in [0.1, 0.15) is 20.7 Å². The van der Waals surface area contributed by atoms with Crippen LogP contribution in [0.5, 0.6) is 11.5 Å². The Balaban J connectivity index is 1.87. The molecule has 0 unspecified atom stereocenters. The summed E-state index contributed by atoms with van der Waals surface area (Å²) in [6.45, 7) is 0. The summed E-state index contributed by atoms with van der Waals surface area (Å²) in [4.78, 5) is 26.9. The van der Waals surface area contributed by atoms with E-state index in [0.717, 1.165) is 0 Å². The SMILES string of the molecule is O=C1/C(=C2\Sc3cccc(O)c3C2=O)Sc2cccc(O)c21. The lowest BCUT2D eigenvalue weighted by atomic mass is 10.1. The summed E-state index contributed by atoms with van der Waals surface area (Å²) in [6, 6.07) is 9.70. The van der Waals surface area contributed by atoms with Crippen molar-refractivity contribution in [2.24, 2.45) is 0 Å². The second-order valence-electron chi connectivity index (χ2n) is 4.82. The highest BCUT2D eigenvalue weighted by atomic mass is 32.2. The second-order valence-corrected chi connectivity index (χ2v) is 6.93. The van der Waals surface area contributed by atoms with Crippen molar-refractivity contribution in [2.75, 3.05) is 0 Å². The molecule has 0 aliphatic carbocycles. The predicted octanol–water partition coefficient (Wildman–Crippen LogP) is 3.59. The molecule has 2 heterocycles. The summed E-state index contributed by atoms with van der Waals surface area (Å²) in [5.41, 5.74) is 0.479. The first-order valence-electron chi connectivity index (χ1n) is 6.41. The number of hydrogen-bond acceptors (Lipinski definition) is 6. The number of fused-ring (bicyclic) bond motifs is 2. The first-order valence-corrected chi connectivity index (χ1v) is 8.04. The molecule has 0 fully saturated rings. The second kappa shape index (κ2) is 4.66. The third kappa shape index (κ3) is 1.74. The summed E-state index contributed by atoms with van der Waals surface area (Å²) in [5, 5.41) is 19.7. The van der Waals surface area contributed by atoms with E-state index in [1.165, 1.54) is 35.7 Å². The van der Waals surface area contributed by atoms with Crippen molar-refractivity contribution in [3.05, 3.63) is 57.3 Å². The largest absolute Gasteiger partial charge is 0.507 e. The highest BCUT2D eigenvalue weighted by molar-refractivity contribution is 8.08. The molecular formula is C16H8O4S2. The van der Waals surface area contributed by atoms with Gasteiger partial charge in [-0.15, -0.1) is 0 Å². The van der Waals surface area contributed by atoms with E-state index in [0.29, 0.717) is 19.6 Å². The van der Waals surface area contributed by atoms with Crippen molar-refractivity contribution >= 4 is 35.1 Å². The van der Waals surface area contributed by atoms with Gasteiger partial charge in [0.25, 0.3) is 0 Å². The Kier molecular flexibility index (Phi) is 2.85. The number of hydrogen-bond donors (Lipinski definition) is 2. The summed E-state index contributed by atoms with van der Waals surface area (Å²) < 4.78 is 0. The van der Waals surface area contributed by atoms with Crippen LogP contribution in [0.15, 0.2) is 56.0 Å². The minimum absolute atomic E-state index is 0.0820. The molecule has 4 nitrogen and oxygen atoms in total. The van der Waals surface area contributed by atoms with Crippen molar-refractivity contribution in [1.82, 2.24) is 0 Å². The van der Waals surface area contributed by atoms with Gasteiger partial charge in [0.15, 0.2) is 0 Å². The maximum absolute atomic E-state index is 12.5. The van der Waals surface area contributed by atoms with Gasteiger partial charge in [0.05, 0.1) is 20.9 Å². The fourth-order valence-electron chi connectivity index (χ4n) is 2.50. The molecule has 2 aromatic carbocycles. The molecule has 0 aromatic heterocycles. The molecule has 0 amide bonds. The van der Waals surface area contributed by atoms with Crippen molar-refractivity contribution in [3.63, 3.8) is 0 Å². The van der Waals surface area contributed by atoms with Crippen molar-refractivity contribution < 1.29 is 19.8 Å². The summed E-state index contributed by atoms with van der Waals surface area (Å²) in [5.74, 6) is -0.856. The number of Topliss-reactive ketones (excluding diaryl/α,β-unsaturated/α-hetero) is 2. The van der Waals surface area contributed by atoms with Crippen LogP contribution in [-0.2, 0) is 0 Å². The summed E-state index contributed by atoms with van der Waals surface area (Å²) in [7, 11) is 0. The Labute approximate surface area is 133 Å². The Bertz CT molecular complexity index is 826. The van der Waals surface area contributed by atoms with Crippen LogP contribution < -0.4 is 0 Å². The smallest absolute Gasteiger partial charge is 0.205 e. The molecule has 0 spiro atoms. The number of carbonyl (C=O) groups excluding carboxylic acids is 2. The first kappa shape index (κ1) is 13.5. The first-order chi connectivity index (χ1) is 10.6. The molecule has 0 radical (unpaired) electrons. The summed E-state index contributed by atoms with van der Waals surface area (Å²) in [6.07, 6.45) is 0. The maximum atomic E-state index is 12.5. The van der Waals surface area contributed by atoms with E-state index in [1.807, 2.05) is 0 Å². The lowest BCUT2D eigenvalue weighted by molar-refractivity contribution is 0.101. The molecule has 2 aliphatic heterocycles. The van der Waals surface area contributed by atoms with E-state index < -0.39 is 0 Å². The van der Waals surface area contributed by atoms with Gasteiger partial charge < -0.3 is 10.2 Å². The number of carbonyl (C=O) groups is 2. The average molecular weight is 328 g/mol. The molecule has 108 valence electrons. The summed E-state index contributed by atoms with van der Waals surface area (Å²) >= 11 is 2.37. The van der Waals surface area contributed by atoms with Crippen LogP contribution in [0, 0.1) is 0 Å². The topological polar surface area (TPSA) is 74.6 Å². The predicted molar refractivity (Wildman–Crippen MR) is 83.6 cm³/mol. The number of ketones is 2. The van der Waals surface area contributed by atoms with Crippen LogP contribution in [-0.4, -0.2) is 21.8 Å². The Morgan fingerprint density at radius 1 is 0.682 bits per heavy atom. The van der Waals surface area contributed by atoms with Gasteiger partial charge in [-0.3, -0.25) is 9.59 Å². The fraction of sp³-hybridized carbons (Fsp3) is 0. The standard InChI is InChI=1S/C16H8O4S2/c17-7-3-1-5-9-11(7)13(19)15(21-9)16-14(20)12-8(18)4-2-6-10(12)22-16/h1-6,17-18H/b16-15+. The van der Waals surface area contributed by atoms with Crippen LogP contribution in [0.3, 0.4) is 0 Å².